The van der Waals surface area contributed by atoms with Crippen LogP contribution in [0, 0.1) is 19.8 Å². The SMILES string of the molecule is Cc1cc(NCC(C)C)nc(Nc2ccc(Cl)cc2C)n1. The molecule has 2 aromatic rings. The van der Waals surface area contributed by atoms with Crippen molar-refractivity contribution in [3.05, 3.63) is 40.5 Å². The Morgan fingerprint density at radius 2 is 1.90 bits per heavy atom. The van der Waals surface area contributed by atoms with Crippen molar-refractivity contribution in [2.75, 3.05) is 17.2 Å². The Labute approximate surface area is 131 Å². The monoisotopic (exact) mass is 304 g/mol. The summed E-state index contributed by atoms with van der Waals surface area (Å²) in [5.74, 6) is 1.99. The summed E-state index contributed by atoms with van der Waals surface area (Å²) in [4.78, 5) is 8.92. The Balaban J connectivity index is 2.19. The van der Waals surface area contributed by atoms with E-state index in [1.54, 1.807) is 0 Å². The van der Waals surface area contributed by atoms with E-state index in [0.717, 1.165) is 34.3 Å². The highest BCUT2D eigenvalue weighted by Gasteiger charge is 2.05. The van der Waals surface area contributed by atoms with Gasteiger partial charge >= 0.3 is 0 Å². The Kier molecular flexibility index (Phi) is 5.02. The molecule has 0 bridgehead atoms. The second kappa shape index (κ2) is 6.76. The van der Waals surface area contributed by atoms with Gasteiger partial charge in [0.05, 0.1) is 0 Å². The zero-order valence-corrected chi connectivity index (χ0v) is 13.6. The molecule has 0 amide bonds. The normalized spacial score (nSPS) is 10.8. The summed E-state index contributed by atoms with van der Waals surface area (Å²) < 4.78 is 0. The maximum atomic E-state index is 5.97. The lowest BCUT2D eigenvalue weighted by Crippen LogP contribution is -2.11. The van der Waals surface area contributed by atoms with Crippen LogP contribution < -0.4 is 10.6 Å². The first-order valence-electron chi connectivity index (χ1n) is 7.07. The molecule has 2 N–H and O–H groups in total. The van der Waals surface area contributed by atoms with Gasteiger partial charge in [0.2, 0.25) is 5.95 Å². The number of rotatable bonds is 5. The van der Waals surface area contributed by atoms with Gasteiger partial charge in [-0.2, -0.15) is 4.98 Å². The summed E-state index contributed by atoms with van der Waals surface area (Å²) in [5.41, 5.74) is 2.94. The average Bonchev–Trinajstić information content (AvgIpc) is 2.39. The molecule has 4 nitrogen and oxygen atoms in total. The molecule has 0 radical (unpaired) electrons. The largest absolute Gasteiger partial charge is 0.370 e. The van der Waals surface area contributed by atoms with Crippen molar-refractivity contribution >= 4 is 29.1 Å². The number of anilines is 3. The molecule has 0 saturated heterocycles. The summed E-state index contributed by atoms with van der Waals surface area (Å²) >= 11 is 5.97. The van der Waals surface area contributed by atoms with E-state index in [1.807, 2.05) is 38.1 Å². The lowest BCUT2D eigenvalue weighted by Gasteiger charge is -2.12. The van der Waals surface area contributed by atoms with Crippen LogP contribution in [0.5, 0.6) is 0 Å². The number of aryl methyl sites for hydroxylation is 2. The van der Waals surface area contributed by atoms with Crippen molar-refractivity contribution in [3.8, 4) is 0 Å². The molecule has 0 aliphatic heterocycles. The van der Waals surface area contributed by atoms with Gasteiger partial charge in [-0.25, -0.2) is 4.98 Å². The Morgan fingerprint density at radius 3 is 2.57 bits per heavy atom. The molecule has 0 aliphatic carbocycles. The third-order valence-electron chi connectivity index (χ3n) is 2.98. The minimum Gasteiger partial charge on any atom is -0.370 e. The molecule has 112 valence electrons. The van der Waals surface area contributed by atoms with Crippen molar-refractivity contribution in [2.45, 2.75) is 27.7 Å². The number of aromatic nitrogens is 2. The first kappa shape index (κ1) is 15.6. The molecule has 0 aliphatic rings. The number of hydrogen-bond acceptors (Lipinski definition) is 4. The fourth-order valence-corrected chi connectivity index (χ4v) is 2.14. The molecule has 0 unspecified atom stereocenters. The average molecular weight is 305 g/mol. The van der Waals surface area contributed by atoms with Gasteiger partial charge in [0.1, 0.15) is 5.82 Å². The van der Waals surface area contributed by atoms with Crippen molar-refractivity contribution < 1.29 is 0 Å². The number of nitrogens with one attached hydrogen (secondary N) is 2. The van der Waals surface area contributed by atoms with E-state index in [4.69, 9.17) is 11.6 Å². The quantitative estimate of drug-likeness (QED) is 0.850. The van der Waals surface area contributed by atoms with E-state index >= 15 is 0 Å². The smallest absolute Gasteiger partial charge is 0.229 e. The van der Waals surface area contributed by atoms with Crippen molar-refractivity contribution in [2.24, 2.45) is 5.92 Å². The molecule has 0 saturated carbocycles. The van der Waals surface area contributed by atoms with Crippen LogP contribution in [0.1, 0.15) is 25.1 Å². The molecular weight excluding hydrogens is 284 g/mol. The maximum absolute atomic E-state index is 5.97. The van der Waals surface area contributed by atoms with Crippen LogP contribution in [0.3, 0.4) is 0 Å². The summed E-state index contributed by atoms with van der Waals surface area (Å²) in [7, 11) is 0. The predicted octanol–water partition coefficient (Wildman–Crippen LogP) is 4.56. The molecule has 2 rings (SSSR count). The van der Waals surface area contributed by atoms with Gasteiger partial charge in [-0.05, 0) is 43.5 Å². The summed E-state index contributed by atoms with van der Waals surface area (Å²) in [6.45, 7) is 9.18. The molecular formula is C16H21ClN4. The summed E-state index contributed by atoms with van der Waals surface area (Å²) in [6, 6.07) is 7.65. The molecule has 1 aromatic heterocycles. The lowest BCUT2D eigenvalue weighted by molar-refractivity contribution is 0.687. The number of hydrogen-bond donors (Lipinski definition) is 2. The minimum atomic E-state index is 0.565. The predicted molar refractivity (Wildman–Crippen MR) is 89.6 cm³/mol. The Bertz CT molecular complexity index is 626. The van der Waals surface area contributed by atoms with Gasteiger partial charge < -0.3 is 10.6 Å². The highest BCUT2D eigenvalue weighted by molar-refractivity contribution is 6.30. The summed E-state index contributed by atoms with van der Waals surface area (Å²) in [5, 5.41) is 7.29. The number of halogens is 1. The van der Waals surface area contributed by atoms with Gasteiger partial charge in [0, 0.05) is 29.0 Å². The van der Waals surface area contributed by atoms with Crippen LogP contribution >= 0.6 is 11.6 Å². The van der Waals surface area contributed by atoms with Crippen LogP contribution in [0.4, 0.5) is 17.5 Å². The first-order chi connectivity index (χ1) is 9.94. The Hall–Kier alpha value is -1.81. The molecule has 1 aromatic carbocycles. The fraction of sp³-hybridized carbons (Fsp3) is 0.375. The molecule has 5 heteroatoms. The van der Waals surface area contributed by atoms with Crippen LogP contribution in [0.25, 0.3) is 0 Å². The third kappa shape index (κ3) is 4.60. The molecule has 0 spiro atoms. The van der Waals surface area contributed by atoms with E-state index in [2.05, 4.69) is 34.4 Å². The molecule has 0 atom stereocenters. The highest BCUT2D eigenvalue weighted by atomic mass is 35.5. The van der Waals surface area contributed by atoms with E-state index in [9.17, 15) is 0 Å². The van der Waals surface area contributed by atoms with Gasteiger partial charge in [-0.15, -0.1) is 0 Å². The van der Waals surface area contributed by atoms with Crippen LogP contribution in [0.15, 0.2) is 24.3 Å². The second-order valence-corrected chi connectivity index (χ2v) is 6.01. The fourth-order valence-electron chi connectivity index (χ4n) is 1.91. The summed E-state index contributed by atoms with van der Waals surface area (Å²) in [6.07, 6.45) is 0. The van der Waals surface area contributed by atoms with Crippen molar-refractivity contribution in [1.29, 1.82) is 0 Å². The topological polar surface area (TPSA) is 49.8 Å². The highest BCUT2D eigenvalue weighted by Crippen LogP contribution is 2.22. The van der Waals surface area contributed by atoms with Crippen LogP contribution in [-0.4, -0.2) is 16.5 Å². The maximum Gasteiger partial charge on any atom is 0.229 e. The van der Waals surface area contributed by atoms with E-state index < -0.39 is 0 Å². The number of nitrogens with zero attached hydrogens (tertiary/aromatic N) is 2. The van der Waals surface area contributed by atoms with E-state index in [1.165, 1.54) is 0 Å². The van der Waals surface area contributed by atoms with Gasteiger partial charge in [0.15, 0.2) is 0 Å². The standard InChI is InChI=1S/C16H21ClN4/c1-10(2)9-18-15-8-12(4)19-16(21-15)20-14-6-5-13(17)7-11(14)3/h5-8,10H,9H2,1-4H3,(H2,18,19,20,21). The van der Waals surface area contributed by atoms with E-state index in [-0.39, 0.29) is 0 Å². The van der Waals surface area contributed by atoms with Gasteiger partial charge in [-0.1, -0.05) is 25.4 Å². The zero-order valence-electron chi connectivity index (χ0n) is 12.9. The molecule has 1 heterocycles. The lowest BCUT2D eigenvalue weighted by atomic mass is 10.2. The zero-order chi connectivity index (χ0) is 15.4. The van der Waals surface area contributed by atoms with Gasteiger partial charge in [-0.3, -0.25) is 0 Å². The molecule has 0 fully saturated rings. The molecule has 21 heavy (non-hydrogen) atoms. The van der Waals surface area contributed by atoms with Crippen LogP contribution in [-0.2, 0) is 0 Å². The van der Waals surface area contributed by atoms with Crippen LogP contribution in [0.2, 0.25) is 5.02 Å². The van der Waals surface area contributed by atoms with Gasteiger partial charge in [0.25, 0.3) is 0 Å². The van der Waals surface area contributed by atoms with Crippen molar-refractivity contribution in [3.63, 3.8) is 0 Å². The number of benzene rings is 1. The second-order valence-electron chi connectivity index (χ2n) is 5.58. The minimum absolute atomic E-state index is 0.565. The van der Waals surface area contributed by atoms with E-state index in [0.29, 0.717) is 11.9 Å². The Morgan fingerprint density at radius 1 is 1.14 bits per heavy atom. The third-order valence-corrected chi connectivity index (χ3v) is 3.22. The first-order valence-corrected chi connectivity index (χ1v) is 7.44. The van der Waals surface area contributed by atoms with Crippen molar-refractivity contribution in [1.82, 2.24) is 9.97 Å².